The van der Waals surface area contributed by atoms with Crippen molar-refractivity contribution >= 4 is 31.6 Å². The number of nitrogens with one attached hydrogen (secondary N) is 3. The lowest BCUT2D eigenvalue weighted by Crippen LogP contribution is -2.28. The van der Waals surface area contributed by atoms with E-state index in [0.29, 0.717) is 18.7 Å². The summed E-state index contributed by atoms with van der Waals surface area (Å²) in [6.45, 7) is 2.50. The third-order valence-electron chi connectivity index (χ3n) is 4.24. The number of ether oxygens (including phenoxy) is 1. The van der Waals surface area contributed by atoms with Crippen molar-refractivity contribution in [2.75, 3.05) is 32.1 Å². The maximum Gasteiger partial charge on any atom is 0.240 e. The molecule has 0 spiro atoms. The van der Waals surface area contributed by atoms with E-state index >= 15 is 0 Å². The average molecular weight is 470 g/mol. The first kappa shape index (κ1) is 25.0. The minimum absolute atomic E-state index is 0.0695. The third kappa shape index (κ3) is 8.04. The predicted octanol–water partition coefficient (Wildman–Crippen LogP) is 1.62. The molecule has 2 rings (SSSR count). The van der Waals surface area contributed by atoms with E-state index < -0.39 is 26.0 Å². The van der Waals surface area contributed by atoms with Crippen molar-refractivity contribution in [3.63, 3.8) is 0 Å². The van der Waals surface area contributed by atoms with Crippen molar-refractivity contribution in [1.82, 2.24) is 9.44 Å². The van der Waals surface area contributed by atoms with Crippen molar-refractivity contribution in [2.45, 2.75) is 29.6 Å². The van der Waals surface area contributed by atoms with Gasteiger partial charge < -0.3 is 10.1 Å². The molecule has 31 heavy (non-hydrogen) atoms. The summed E-state index contributed by atoms with van der Waals surface area (Å²) in [7, 11) is -5.79. The lowest BCUT2D eigenvalue weighted by atomic mass is 10.2. The van der Waals surface area contributed by atoms with Crippen molar-refractivity contribution in [3.05, 3.63) is 54.1 Å². The second-order valence-corrected chi connectivity index (χ2v) is 10.3. The standard InChI is InChI=1S/C20H27N3O6S2/c1-16-4-8-18(9-5-16)31(27,28)22-14-12-20(24)23-17-6-10-19(11-7-17)30(25,26)21-13-3-15-29-2/h4-11,21-22H,3,12-15H2,1-2H3,(H,23,24). The molecule has 0 saturated carbocycles. The molecule has 0 fully saturated rings. The number of amides is 1. The number of hydrogen-bond acceptors (Lipinski definition) is 6. The maximum atomic E-state index is 12.2. The summed E-state index contributed by atoms with van der Waals surface area (Å²) in [5, 5.41) is 2.61. The highest BCUT2D eigenvalue weighted by atomic mass is 32.2. The minimum Gasteiger partial charge on any atom is -0.385 e. The topological polar surface area (TPSA) is 131 Å². The van der Waals surface area contributed by atoms with Crippen molar-refractivity contribution in [2.24, 2.45) is 0 Å². The van der Waals surface area contributed by atoms with Gasteiger partial charge in [-0.3, -0.25) is 4.79 Å². The Morgan fingerprint density at radius 3 is 1.90 bits per heavy atom. The quantitative estimate of drug-likeness (QED) is 0.405. The average Bonchev–Trinajstić information content (AvgIpc) is 2.72. The van der Waals surface area contributed by atoms with Gasteiger partial charge in [0.2, 0.25) is 26.0 Å². The molecule has 3 N–H and O–H groups in total. The van der Waals surface area contributed by atoms with Crippen LogP contribution in [0.1, 0.15) is 18.4 Å². The van der Waals surface area contributed by atoms with E-state index in [-0.39, 0.29) is 29.3 Å². The van der Waals surface area contributed by atoms with Gasteiger partial charge in [-0.05, 0) is 49.7 Å². The van der Waals surface area contributed by atoms with Crippen LogP contribution >= 0.6 is 0 Å². The van der Waals surface area contributed by atoms with Crippen molar-refractivity contribution in [3.8, 4) is 0 Å². The van der Waals surface area contributed by atoms with Gasteiger partial charge in [0.15, 0.2) is 0 Å². The Hall–Kier alpha value is -2.31. The van der Waals surface area contributed by atoms with E-state index in [1.165, 1.54) is 36.4 Å². The summed E-state index contributed by atoms with van der Waals surface area (Å²) in [6.07, 6.45) is 0.476. The van der Waals surface area contributed by atoms with E-state index in [4.69, 9.17) is 4.74 Å². The molecule has 2 aromatic rings. The Balaban J connectivity index is 1.83. The Labute approximate surface area is 183 Å². The molecule has 0 saturated heterocycles. The number of carbonyl (C=O) groups excluding carboxylic acids is 1. The van der Waals surface area contributed by atoms with Crippen molar-refractivity contribution < 1.29 is 26.4 Å². The molecule has 0 aromatic heterocycles. The summed E-state index contributed by atoms with van der Waals surface area (Å²) in [6, 6.07) is 12.1. The largest absolute Gasteiger partial charge is 0.385 e. The number of hydrogen-bond donors (Lipinski definition) is 3. The number of sulfonamides is 2. The van der Waals surface area contributed by atoms with Gasteiger partial charge in [0.1, 0.15) is 0 Å². The number of rotatable bonds is 12. The summed E-state index contributed by atoms with van der Waals surface area (Å²) in [4.78, 5) is 12.3. The Morgan fingerprint density at radius 2 is 1.35 bits per heavy atom. The van der Waals surface area contributed by atoms with Gasteiger partial charge in [0, 0.05) is 38.9 Å². The van der Waals surface area contributed by atoms with Crippen LogP contribution in [0.4, 0.5) is 5.69 Å². The third-order valence-corrected chi connectivity index (χ3v) is 7.19. The minimum atomic E-state index is -3.69. The van der Waals surface area contributed by atoms with Crippen molar-refractivity contribution in [1.29, 1.82) is 0 Å². The second kappa shape index (κ2) is 11.3. The van der Waals surface area contributed by atoms with Gasteiger partial charge in [-0.2, -0.15) is 0 Å². The van der Waals surface area contributed by atoms with Crippen LogP contribution in [-0.4, -0.2) is 49.5 Å². The van der Waals surface area contributed by atoms with E-state index in [9.17, 15) is 21.6 Å². The number of methoxy groups -OCH3 is 1. The maximum absolute atomic E-state index is 12.2. The molecular formula is C20H27N3O6S2. The van der Waals surface area contributed by atoms with Gasteiger partial charge in [-0.1, -0.05) is 17.7 Å². The molecule has 0 atom stereocenters. The normalized spacial score (nSPS) is 11.9. The molecule has 0 heterocycles. The van der Waals surface area contributed by atoms with Crippen LogP contribution in [0.2, 0.25) is 0 Å². The van der Waals surface area contributed by atoms with Crippen LogP contribution in [0.5, 0.6) is 0 Å². The van der Waals surface area contributed by atoms with Crippen LogP contribution in [0.15, 0.2) is 58.3 Å². The first-order valence-corrected chi connectivity index (χ1v) is 12.6. The summed E-state index contributed by atoms with van der Waals surface area (Å²) in [5.74, 6) is -0.403. The number of benzene rings is 2. The zero-order valence-corrected chi connectivity index (χ0v) is 19.1. The Kier molecular flexibility index (Phi) is 9.14. The Morgan fingerprint density at radius 1 is 0.839 bits per heavy atom. The number of aryl methyl sites for hydroxylation is 1. The smallest absolute Gasteiger partial charge is 0.240 e. The summed E-state index contributed by atoms with van der Waals surface area (Å²) < 4.78 is 58.5. The highest BCUT2D eigenvalue weighted by Crippen LogP contribution is 2.14. The van der Waals surface area contributed by atoms with Crippen LogP contribution in [0, 0.1) is 6.92 Å². The molecule has 170 valence electrons. The molecule has 2 aromatic carbocycles. The molecular weight excluding hydrogens is 442 g/mol. The molecule has 9 nitrogen and oxygen atoms in total. The molecule has 1 amide bonds. The summed E-state index contributed by atoms with van der Waals surface area (Å²) >= 11 is 0. The molecule has 0 aliphatic heterocycles. The first-order chi connectivity index (χ1) is 14.6. The molecule has 0 bridgehead atoms. The van der Waals surface area contributed by atoms with Gasteiger partial charge >= 0.3 is 0 Å². The highest BCUT2D eigenvalue weighted by Gasteiger charge is 2.15. The Bertz CT molecular complexity index is 1070. The summed E-state index contributed by atoms with van der Waals surface area (Å²) in [5.41, 5.74) is 1.35. The van der Waals surface area contributed by atoms with Gasteiger partial charge in [-0.15, -0.1) is 0 Å². The van der Waals surface area contributed by atoms with Gasteiger partial charge in [0.05, 0.1) is 9.79 Å². The van der Waals surface area contributed by atoms with Crippen LogP contribution in [-0.2, 0) is 29.6 Å². The molecule has 0 radical (unpaired) electrons. The van der Waals surface area contributed by atoms with E-state index in [1.54, 1.807) is 19.2 Å². The highest BCUT2D eigenvalue weighted by molar-refractivity contribution is 7.89. The fraction of sp³-hybridized carbons (Fsp3) is 0.350. The van der Waals surface area contributed by atoms with Crippen LogP contribution < -0.4 is 14.8 Å². The van der Waals surface area contributed by atoms with Gasteiger partial charge in [0.25, 0.3) is 0 Å². The van der Waals surface area contributed by atoms with Crippen LogP contribution in [0.25, 0.3) is 0 Å². The second-order valence-electron chi connectivity index (χ2n) is 6.78. The molecule has 0 unspecified atom stereocenters. The van der Waals surface area contributed by atoms with E-state index in [0.717, 1.165) is 5.56 Å². The van der Waals surface area contributed by atoms with E-state index in [2.05, 4.69) is 14.8 Å². The predicted molar refractivity (Wildman–Crippen MR) is 118 cm³/mol. The fourth-order valence-corrected chi connectivity index (χ4v) is 4.65. The number of anilines is 1. The monoisotopic (exact) mass is 469 g/mol. The lowest BCUT2D eigenvalue weighted by Gasteiger charge is -2.09. The van der Waals surface area contributed by atoms with E-state index in [1.807, 2.05) is 6.92 Å². The first-order valence-electron chi connectivity index (χ1n) is 9.59. The fourth-order valence-electron chi connectivity index (χ4n) is 2.55. The molecule has 11 heteroatoms. The lowest BCUT2D eigenvalue weighted by molar-refractivity contribution is -0.116. The SMILES string of the molecule is COCCCNS(=O)(=O)c1ccc(NC(=O)CCNS(=O)(=O)c2ccc(C)cc2)cc1. The van der Waals surface area contributed by atoms with Crippen LogP contribution in [0.3, 0.4) is 0 Å². The molecule has 0 aliphatic carbocycles. The number of carbonyl (C=O) groups is 1. The molecule has 0 aliphatic rings. The zero-order chi connectivity index (χ0) is 22.9. The zero-order valence-electron chi connectivity index (χ0n) is 17.4. The van der Waals surface area contributed by atoms with Gasteiger partial charge in [-0.25, -0.2) is 26.3 Å².